The molecule has 3 aromatic rings. The van der Waals surface area contributed by atoms with Crippen LogP contribution in [0.1, 0.15) is 45.0 Å². The number of hydrogen-bond donors (Lipinski definition) is 0. The second-order valence-electron chi connectivity index (χ2n) is 7.48. The van der Waals surface area contributed by atoms with E-state index in [9.17, 15) is 9.59 Å². The lowest BCUT2D eigenvalue weighted by Gasteiger charge is -2.33. The Hall–Kier alpha value is -2.97. The van der Waals surface area contributed by atoms with Crippen LogP contribution in [0, 0.1) is 6.92 Å². The van der Waals surface area contributed by atoms with Gasteiger partial charge in [-0.2, -0.15) is 5.10 Å². The summed E-state index contributed by atoms with van der Waals surface area (Å²) in [5, 5.41) is 4.30. The predicted octanol–water partition coefficient (Wildman–Crippen LogP) is 4.33. The number of benzene rings is 2. The molecule has 1 amide bonds. The quantitative estimate of drug-likeness (QED) is 0.490. The number of aromatic nitrogens is 2. The molecule has 166 valence electrons. The summed E-state index contributed by atoms with van der Waals surface area (Å²) in [5.74, 6) is -0.429. The van der Waals surface area contributed by atoms with E-state index in [1.54, 1.807) is 23.7 Å². The van der Waals surface area contributed by atoms with E-state index < -0.39 is 5.97 Å². The molecule has 0 radical (unpaired) electrons. The molecule has 1 aliphatic rings. The SMILES string of the molecule is CCOC(=O)c1cnn(-c2ccc(C(=O)N3CCOC(c4ccc(Br)cc4)C3)cc2)c1C. The zero-order valence-corrected chi connectivity index (χ0v) is 19.5. The van der Waals surface area contributed by atoms with E-state index in [4.69, 9.17) is 9.47 Å². The number of amides is 1. The van der Waals surface area contributed by atoms with Crippen LogP contribution < -0.4 is 0 Å². The van der Waals surface area contributed by atoms with Crippen LogP contribution in [0.5, 0.6) is 0 Å². The molecular weight excluding hydrogens is 474 g/mol. The van der Waals surface area contributed by atoms with Crippen LogP contribution in [0.15, 0.2) is 59.2 Å². The van der Waals surface area contributed by atoms with Gasteiger partial charge in [0.2, 0.25) is 0 Å². The standard InChI is InChI=1S/C24H24BrN3O4/c1-3-31-24(30)21-14-26-28(16(21)2)20-10-6-18(7-11-20)23(29)27-12-13-32-22(15-27)17-4-8-19(25)9-5-17/h4-11,14,22H,3,12-13,15H2,1-2H3. The van der Waals surface area contributed by atoms with Crippen molar-refractivity contribution >= 4 is 27.8 Å². The Morgan fingerprint density at radius 1 is 1.16 bits per heavy atom. The number of hydrogen-bond acceptors (Lipinski definition) is 5. The minimum Gasteiger partial charge on any atom is -0.462 e. The highest BCUT2D eigenvalue weighted by molar-refractivity contribution is 9.10. The molecule has 1 saturated heterocycles. The van der Waals surface area contributed by atoms with Gasteiger partial charge in [0.15, 0.2) is 0 Å². The number of morpholine rings is 1. The van der Waals surface area contributed by atoms with Gasteiger partial charge in [0.1, 0.15) is 11.7 Å². The predicted molar refractivity (Wildman–Crippen MR) is 123 cm³/mol. The van der Waals surface area contributed by atoms with Crippen LogP contribution in [0.4, 0.5) is 0 Å². The molecule has 1 unspecified atom stereocenters. The fourth-order valence-electron chi connectivity index (χ4n) is 3.72. The number of rotatable bonds is 5. The molecule has 2 aromatic carbocycles. The lowest BCUT2D eigenvalue weighted by molar-refractivity contribution is -0.0228. The number of nitrogens with zero attached hydrogens (tertiary/aromatic N) is 3. The van der Waals surface area contributed by atoms with Gasteiger partial charge in [-0.3, -0.25) is 4.79 Å². The summed E-state index contributed by atoms with van der Waals surface area (Å²) in [6.45, 7) is 5.44. The summed E-state index contributed by atoms with van der Waals surface area (Å²) >= 11 is 3.44. The molecular formula is C24H24BrN3O4. The number of halogens is 1. The van der Waals surface area contributed by atoms with Gasteiger partial charge in [-0.1, -0.05) is 28.1 Å². The van der Waals surface area contributed by atoms with Crippen LogP contribution in [-0.4, -0.2) is 52.9 Å². The zero-order valence-electron chi connectivity index (χ0n) is 18.0. The van der Waals surface area contributed by atoms with Gasteiger partial charge in [-0.25, -0.2) is 9.48 Å². The lowest BCUT2D eigenvalue weighted by atomic mass is 10.1. The van der Waals surface area contributed by atoms with Gasteiger partial charge >= 0.3 is 5.97 Å². The summed E-state index contributed by atoms with van der Waals surface area (Å²) in [7, 11) is 0. The van der Waals surface area contributed by atoms with E-state index in [1.807, 2.05) is 48.2 Å². The van der Waals surface area contributed by atoms with Crippen molar-refractivity contribution in [2.75, 3.05) is 26.3 Å². The van der Waals surface area contributed by atoms with E-state index >= 15 is 0 Å². The Morgan fingerprint density at radius 3 is 2.56 bits per heavy atom. The fourth-order valence-corrected chi connectivity index (χ4v) is 3.98. The summed E-state index contributed by atoms with van der Waals surface area (Å²) in [5.41, 5.74) is 3.53. The molecule has 0 spiro atoms. The van der Waals surface area contributed by atoms with E-state index in [2.05, 4.69) is 21.0 Å². The number of ether oxygens (including phenoxy) is 2. The van der Waals surface area contributed by atoms with Gasteiger partial charge in [0.25, 0.3) is 5.91 Å². The second-order valence-corrected chi connectivity index (χ2v) is 8.40. The maximum absolute atomic E-state index is 13.1. The van der Waals surface area contributed by atoms with Crippen molar-refractivity contribution in [2.24, 2.45) is 0 Å². The van der Waals surface area contributed by atoms with Crippen molar-refractivity contribution in [3.05, 3.63) is 81.6 Å². The van der Waals surface area contributed by atoms with E-state index in [0.29, 0.717) is 43.1 Å². The van der Waals surface area contributed by atoms with Crippen molar-refractivity contribution in [3.63, 3.8) is 0 Å². The van der Waals surface area contributed by atoms with Crippen molar-refractivity contribution in [2.45, 2.75) is 20.0 Å². The fraction of sp³-hybridized carbons (Fsp3) is 0.292. The Labute approximate surface area is 195 Å². The first-order valence-corrected chi connectivity index (χ1v) is 11.3. The molecule has 1 aromatic heterocycles. The second kappa shape index (κ2) is 9.67. The molecule has 0 bridgehead atoms. The summed E-state index contributed by atoms with van der Waals surface area (Å²) in [6.07, 6.45) is 1.36. The Morgan fingerprint density at radius 2 is 1.88 bits per heavy atom. The highest BCUT2D eigenvalue weighted by Gasteiger charge is 2.26. The lowest BCUT2D eigenvalue weighted by Crippen LogP contribution is -2.42. The van der Waals surface area contributed by atoms with Crippen molar-refractivity contribution in [3.8, 4) is 5.69 Å². The smallest absolute Gasteiger partial charge is 0.341 e. The molecule has 1 aliphatic heterocycles. The normalized spacial score (nSPS) is 16.1. The zero-order chi connectivity index (χ0) is 22.7. The summed E-state index contributed by atoms with van der Waals surface area (Å²) < 4.78 is 13.6. The Kier molecular flexibility index (Phi) is 6.72. The van der Waals surface area contributed by atoms with Crippen molar-refractivity contribution < 1.29 is 19.1 Å². The monoisotopic (exact) mass is 497 g/mol. The first kappa shape index (κ1) is 22.2. The summed E-state index contributed by atoms with van der Waals surface area (Å²) in [6, 6.07) is 15.2. The van der Waals surface area contributed by atoms with E-state index in [1.165, 1.54) is 6.20 Å². The van der Waals surface area contributed by atoms with Crippen molar-refractivity contribution in [1.82, 2.24) is 14.7 Å². The van der Waals surface area contributed by atoms with Gasteiger partial charge in [-0.05, 0) is 55.8 Å². The van der Waals surface area contributed by atoms with E-state index in [0.717, 1.165) is 15.7 Å². The van der Waals surface area contributed by atoms with Crippen LogP contribution in [0.3, 0.4) is 0 Å². The molecule has 32 heavy (non-hydrogen) atoms. The van der Waals surface area contributed by atoms with Crippen LogP contribution in [0.25, 0.3) is 5.69 Å². The average Bonchev–Trinajstić information content (AvgIpc) is 3.21. The minimum atomic E-state index is -0.393. The van der Waals surface area contributed by atoms with Crippen LogP contribution in [0.2, 0.25) is 0 Å². The highest BCUT2D eigenvalue weighted by atomic mass is 79.9. The molecule has 1 atom stereocenters. The molecule has 0 aliphatic carbocycles. The molecule has 7 nitrogen and oxygen atoms in total. The topological polar surface area (TPSA) is 73.7 Å². The molecule has 8 heteroatoms. The van der Waals surface area contributed by atoms with E-state index in [-0.39, 0.29) is 12.0 Å². The maximum atomic E-state index is 13.1. The number of esters is 1. The maximum Gasteiger partial charge on any atom is 0.341 e. The Balaban J connectivity index is 1.47. The van der Waals surface area contributed by atoms with Crippen molar-refractivity contribution in [1.29, 1.82) is 0 Å². The molecule has 4 rings (SSSR count). The third-order valence-corrected chi connectivity index (χ3v) is 5.99. The van der Waals surface area contributed by atoms with Crippen LogP contribution in [-0.2, 0) is 9.47 Å². The third kappa shape index (κ3) is 4.61. The summed E-state index contributed by atoms with van der Waals surface area (Å²) in [4.78, 5) is 26.9. The first-order chi connectivity index (χ1) is 15.5. The highest BCUT2D eigenvalue weighted by Crippen LogP contribution is 2.25. The van der Waals surface area contributed by atoms with Gasteiger partial charge in [-0.15, -0.1) is 0 Å². The molecule has 0 N–H and O–H groups in total. The van der Waals surface area contributed by atoms with Gasteiger partial charge in [0, 0.05) is 16.6 Å². The first-order valence-electron chi connectivity index (χ1n) is 10.5. The minimum absolute atomic E-state index is 0.0358. The van der Waals surface area contributed by atoms with Crippen LogP contribution >= 0.6 is 15.9 Å². The largest absolute Gasteiger partial charge is 0.462 e. The third-order valence-electron chi connectivity index (χ3n) is 5.46. The van der Waals surface area contributed by atoms with Gasteiger partial charge < -0.3 is 14.4 Å². The molecule has 1 fully saturated rings. The average molecular weight is 498 g/mol. The molecule has 2 heterocycles. The van der Waals surface area contributed by atoms with Gasteiger partial charge in [0.05, 0.1) is 37.3 Å². The molecule has 0 saturated carbocycles. The number of carbonyl (C=O) groups is 2. The Bertz CT molecular complexity index is 1110. The number of carbonyl (C=O) groups excluding carboxylic acids is 2.